The molecule has 0 atom stereocenters. The van der Waals surface area contributed by atoms with Gasteiger partial charge in [0.05, 0.1) is 11.1 Å². The Balaban J connectivity index is 1.57. The van der Waals surface area contributed by atoms with Crippen LogP contribution in [0.5, 0.6) is 5.75 Å². The first-order chi connectivity index (χ1) is 12.1. The Morgan fingerprint density at radius 1 is 1.16 bits per heavy atom. The fourth-order valence-corrected chi connectivity index (χ4v) is 3.56. The summed E-state index contributed by atoms with van der Waals surface area (Å²) in [5.41, 5.74) is 1.97. The second kappa shape index (κ2) is 8.52. The van der Waals surface area contributed by atoms with Gasteiger partial charge >= 0.3 is 0 Å². The molecule has 3 rings (SSSR count). The lowest BCUT2D eigenvalue weighted by molar-refractivity contribution is 0.0697. The van der Waals surface area contributed by atoms with Crippen LogP contribution < -0.4 is 4.74 Å². The van der Waals surface area contributed by atoms with Crippen molar-refractivity contribution >= 4 is 21.8 Å². The SMILES string of the molecule is CC1CCN(C(=O)c2ccc(OCCc3ccccc3)c(Br)c2)CC1. The smallest absolute Gasteiger partial charge is 0.253 e. The molecule has 0 spiro atoms. The van der Waals surface area contributed by atoms with Crippen molar-refractivity contribution in [3.8, 4) is 5.75 Å². The van der Waals surface area contributed by atoms with E-state index in [0.29, 0.717) is 6.61 Å². The van der Waals surface area contributed by atoms with Crippen LogP contribution in [0.25, 0.3) is 0 Å². The maximum atomic E-state index is 12.6. The van der Waals surface area contributed by atoms with E-state index < -0.39 is 0 Å². The summed E-state index contributed by atoms with van der Waals surface area (Å²) in [6.45, 7) is 4.57. The Kier molecular flexibility index (Phi) is 6.14. The quantitative estimate of drug-likeness (QED) is 0.709. The predicted molar refractivity (Wildman–Crippen MR) is 104 cm³/mol. The molecule has 2 aromatic carbocycles. The van der Waals surface area contributed by atoms with Gasteiger partial charge < -0.3 is 9.64 Å². The molecule has 0 aromatic heterocycles. The molecule has 1 amide bonds. The number of halogens is 1. The van der Waals surface area contributed by atoms with Gasteiger partial charge in [-0.05, 0) is 58.5 Å². The van der Waals surface area contributed by atoms with Gasteiger partial charge in [0.1, 0.15) is 5.75 Å². The monoisotopic (exact) mass is 401 g/mol. The Morgan fingerprint density at radius 2 is 1.88 bits per heavy atom. The maximum Gasteiger partial charge on any atom is 0.253 e. The summed E-state index contributed by atoms with van der Waals surface area (Å²) in [6, 6.07) is 15.9. The molecule has 1 fully saturated rings. The van der Waals surface area contributed by atoms with E-state index in [0.717, 1.165) is 54.1 Å². The normalized spacial score (nSPS) is 15.2. The van der Waals surface area contributed by atoms with Gasteiger partial charge in [-0.15, -0.1) is 0 Å². The van der Waals surface area contributed by atoms with Crippen molar-refractivity contribution in [3.63, 3.8) is 0 Å². The largest absolute Gasteiger partial charge is 0.492 e. The average molecular weight is 402 g/mol. The van der Waals surface area contributed by atoms with Crippen molar-refractivity contribution in [1.29, 1.82) is 0 Å². The highest BCUT2D eigenvalue weighted by atomic mass is 79.9. The molecule has 132 valence electrons. The van der Waals surface area contributed by atoms with Gasteiger partial charge in [-0.2, -0.15) is 0 Å². The van der Waals surface area contributed by atoms with Crippen LogP contribution in [0.15, 0.2) is 53.0 Å². The summed E-state index contributed by atoms with van der Waals surface area (Å²) >= 11 is 3.54. The molecule has 0 N–H and O–H groups in total. The first-order valence-electron chi connectivity index (χ1n) is 8.89. The van der Waals surface area contributed by atoms with Gasteiger partial charge in [0.2, 0.25) is 0 Å². The van der Waals surface area contributed by atoms with Crippen LogP contribution in [-0.4, -0.2) is 30.5 Å². The minimum atomic E-state index is 0.114. The van der Waals surface area contributed by atoms with Crippen molar-refractivity contribution < 1.29 is 9.53 Å². The van der Waals surface area contributed by atoms with Crippen LogP contribution in [-0.2, 0) is 6.42 Å². The second-order valence-corrected chi connectivity index (χ2v) is 7.56. The zero-order valence-corrected chi connectivity index (χ0v) is 16.2. The van der Waals surface area contributed by atoms with Gasteiger partial charge in [0.25, 0.3) is 5.91 Å². The van der Waals surface area contributed by atoms with E-state index >= 15 is 0 Å². The number of ether oxygens (including phenoxy) is 1. The number of piperidine rings is 1. The molecule has 0 saturated carbocycles. The van der Waals surface area contributed by atoms with Crippen LogP contribution in [0.3, 0.4) is 0 Å². The highest BCUT2D eigenvalue weighted by Crippen LogP contribution is 2.27. The fourth-order valence-electron chi connectivity index (χ4n) is 3.07. The molecule has 1 saturated heterocycles. The molecule has 0 aliphatic carbocycles. The van der Waals surface area contributed by atoms with E-state index in [1.54, 1.807) is 0 Å². The molecule has 3 nitrogen and oxygen atoms in total. The summed E-state index contributed by atoms with van der Waals surface area (Å²) in [5, 5.41) is 0. The number of amides is 1. The third kappa shape index (κ3) is 4.85. The second-order valence-electron chi connectivity index (χ2n) is 6.70. The minimum Gasteiger partial charge on any atom is -0.492 e. The van der Waals surface area contributed by atoms with Gasteiger partial charge in [-0.3, -0.25) is 4.79 Å². The third-order valence-corrected chi connectivity index (χ3v) is 5.36. The van der Waals surface area contributed by atoms with E-state index in [9.17, 15) is 4.79 Å². The molecule has 1 heterocycles. The Hall–Kier alpha value is -1.81. The number of rotatable bonds is 5. The average Bonchev–Trinajstić information content (AvgIpc) is 2.64. The topological polar surface area (TPSA) is 29.5 Å². The van der Waals surface area contributed by atoms with Gasteiger partial charge in [0, 0.05) is 25.1 Å². The van der Waals surface area contributed by atoms with Crippen molar-refractivity contribution in [3.05, 3.63) is 64.1 Å². The molecular weight excluding hydrogens is 378 g/mol. The predicted octanol–water partition coefficient (Wildman–Crippen LogP) is 4.94. The van der Waals surface area contributed by atoms with Gasteiger partial charge in [-0.1, -0.05) is 37.3 Å². The molecule has 0 bridgehead atoms. The van der Waals surface area contributed by atoms with Crippen molar-refractivity contribution in [2.24, 2.45) is 5.92 Å². The third-order valence-electron chi connectivity index (χ3n) is 4.74. The van der Waals surface area contributed by atoms with Crippen molar-refractivity contribution in [2.45, 2.75) is 26.2 Å². The molecule has 1 aliphatic rings. The Labute approximate surface area is 158 Å². The number of nitrogens with zero attached hydrogens (tertiary/aromatic N) is 1. The minimum absolute atomic E-state index is 0.114. The molecule has 25 heavy (non-hydrogen) atoms. The lowest BCUT2D eigenvalue weighted by atomic mass is 9.98. The van der Waals surface area contributed by atoms with E-state index in [-0.39, 0.29) is 5.91 Å². The fraction of sp³-hybridized carbons (Fsp3) is 0.381. The maximum absolute atomic E-state index is 12.6. The number of carbonyl (C=O) groups is 1. The summed E-state index contributed by atoms with van der Waals surface area (Å²) < 4.78 is 6.69. The van der Waals surface area contributed by atoms with Gasteiger partial charge in [0.15, 0.2) is 0 Å². The summed E-state index contributed by atoms with van der Waals surface area (Å²) in [7, 11) is 0. The number of likely N-dealkylation sites (tertiary alicyclic amines) is 1. The summed E-state index contributed by atoms with van der Waals surface area (Å²) in [4.78, 5) is 14.6. The van der Waals surface area contributed by atoms with Crippen molar-refractivity contribution in [2.75, 3.05) is 19.7 Å². The van der Waals surface area contributed by atoms with Crippen molar-refractivity contribution in [1.82, 2.24) is 4.90 Å². The number of carbonyl (C=O) groups excluding carboxylic acids is 1. The van der Waals surface area contributed by atoms with E-state index in [4.69, 9.17) is 4.74 Å². The summed E-state index contributed by atoms with van der Waals surface area (Å²) in [6.07, 6.45) is 3.04. The molecule has 0 radical (unpaired) electrons. The zero-order chi connectivity index (χ0) is 17.6. The molecule has 0 unspecified atom stereocenters. The highest BCUT2D eigenvalue weighted by molar-refractivity contribution is 9.10. The lowest BCUT2D eigenvalue weighted by Gasteiger charge is -2.30. The standard InChI is InChI=1S/C21H24BrNO2/c1-16-9-12-23(13-10-16)21(24)18-7-8-20(19(22)15-18)25-14-11-17-5-3-2-4-6-17/h2-8,15-16H,9-14H2,1H3. The van der Waals surface area contributed by atoms with Crippen LogP contribution >= 0.6 is 15.9 Å². The molecule has 1 aliphatic heterocycles. The number of benzene rings is 2. The number of hydrogen-bond donors (Lipinski definition) is 0. The Bertz CT molecular complexity index is 709. The summed E-state index contributed by atoms with van der Waals surface area (Å²) in [5.74, 6) is 1.61. The highest BCUT2D eigenvalue weighted by Gasteiger charge is 2.21. The van der Waals surface area contributed by atoms with E-state index in [1.807, 2.05) is 41.3 Å². The van der Waals surface area contributed by atoms with E-state index in [1.165, 1.54) is 5.56 Å². The lowest BCUT2D eigenvalue weighted by Crippen LogP contribution is -2.37. The van der Waals surface area contributed by atoms with Gasteiger partial charge in [-0.25, -0.2) is 0 Å². The van der Waals surface area contributed by atoms with E-state index in [2.05, 4.69) is 35.0 Å². The molecule has 2 aromatic rings. The Morgan fingerprint density at radius 3 is 2.56 bits per heavy atom. The first-order valence-corrected chi connectivity index (χ1v) is 9.68. The van der Waals surface area contributed by atoms with Crippen LogP contribution in [0, 0.1) is 5.92 Å². The zero-order valence-electron chi connectivity index (χ0n) is 14.6. The first kappa shape index (κ1) is 18.0. The van der Waals surface area contributed by atoms with Crippen LogP contribution in [0.4, 0.5) is 0 Å². The number of hydrogen-bond acceptors (Lipinski definition) is 2. The molecular formula is C21H24BrNO2. The van der Waals surface area contributed by atoms with Crippen LogP contribution in [0.1, 0.15) is 35.7 Å². The molecule has 4 heteroatoms. The van der Waals surface area contributed by atoms with Crippen LogP contribution in [0.2, 0.25) is 0 Å².